The molecule has 0 aliphatic heterocycles. The summed E-state index contributed by atoms with van der Waals surface area (Å²) in [6, 6.07) is 6.53. The van der Waals surface area contributed by atoms with E-state index in [-0.39, 0.29) is 35.3 Å². The van der Waals surface area contributed by atoms with Crippen LogP contribution in [0.2, 0.25) is 0 Å². The quantitative estimate of drug-likeness (QED) is 0.806. The molecule has 0 fully saturated rings. The van der Waals surface area contributed by atoms with Crippen molar-refractivity contribution < 1.29 is 12.9 Å². The van der Waals surface area contributed by atoms with E-state index >= 15 is 0 Å². The average Bonchev–Trinajstić information content (AvgIpc) is 2.03. The van der Waals surface area contributed by atoms with Gasteiger partial charge in [-0.1, -0.05) is 24.8 Å². The molecule has 1 N–H and O–H groups in total. The zero-order chi connectivity index (χ0) is 9.90. The van der Waals surface area contributed by atoms with Crippen LogP contribution in [0, 0.1) is 0 Å². The fourth-order valence-corrected chi connectivity index (χ4v) is 1.37. The summed E-state index contributed by atoms with van der Waals surface area (Å²) in [5.41, 5.74) is 0.904. The molecule has 0 radical (unpaired) electrons. The van der Waals surface area contributed by atoms with Crippen molar-refractivity contribution in [3.05, 3.63) is 36.4 Å². The van der Waals surface area contributed by atoms with E-state index in [1.165, 1.54) is 0 Å². The summed E-state index contributed by atoms with van der Waals surface area (Å²) < 4.78 is 23.9. The molecule has 6 heteroatoms. The molecule has 0 aromatic heterocycles. The minimum absolute atomic E-state index is 0. The van der Waals surface area contributed by atoms with Crippen LogP contribution in [-0.2, 0) is 20.2 Å². The summed E-state index contributed by atoms with van der Waals surface area (Å²) in [6.45, 7) is 3.57. The van der Waals surface area contributed by atoms with Crippen molar-refractivity contribution in [2.24, 2.45) is 0 Å². The molecule has 0 spiro atoms. The Labute approximate surface area is 110 Å². The summed E-state index contributed by atoms with van der Waals surface area (Å²) in [5, 5.41) is 0. The van der Waals surface area contributed by atoms with Gasteiger partial charge in [0.05, 0.1) is 11.2 Å². The zero-order valence-electron chi connectivity index (χ0n) is 6.67. The first kappa shape index (κ1) is 14.1. The maximum atomic E-state index is 10.6. The Morgan fingerprint density at radius 1 is 1.43 bits per heavy atom. The van der Waals surface area contributed by atoms with Gasteiger partial charge in [-0.05, 0) is 17.7 Å². The predicted molar refractivity (Wildman–Crippen MR) is 62.4 cm³/mol. The topological polar surface area (TPSA) is 46.5 Å². The molecule has 14 heavy (non-hydrogen) atoms. The monoisotopic (exact) mass is 240 g/mol. The van der Waals surface area contributed by atoms with Gasteiger partial charge in [-0.15, -0.1) is 0 Å². The van der Waals surface area contributed by atoms with Gasteiger partial charge in [0, 0.05) is 0 Å². The zero-order valence-corrected chi connectivity index (χ0v) is 8.31. The van der Waals surface area contributed by atoms with Crippen LogP contribution >= 0.6 is 0 Å². The van der Waals surface area contributed by atoms with Crippen LogP contribution in [0.4, 0.5) is 0 Å². The molecule has 0 heterocycles. The van der Waals surface area contributed by atoms with E-state index in [1.807, 2.05) is 0 Å². The molecule has 1 aromatic carbocycles. The van der Waals surface area contributed by atoms with Crippen LogP contribution in [-0.4, -0.2) is 38.3 Å². The molecule has 1 atom stereocenters. The summed E-state index contributed by atoms with van der Waals surface area (Å²) >= 11 is 4.17. The average molecular weight is 240 g/mol. The van der Waals surface area contributed by atoms with E-state index in [1.54, 1.807) is 30.3 Å². The summed E-state index contributed by atoms with van der Waals surface area (Å²) in [5.74, 6) is 0.271. The van der Waals surface area contributed by atoms with Crippen LogP contribution in [0.5, 0.6) is 5.75 Å². The first-order valence-electron chi connectivity index (χ1n) is 3.40. The SMILES string of the molecule is C=Cc1ccc(OS(=O)(O)=S)cc1.[NaH]. The van der Waals surface area contributed by atoms with Crippen LogP contribution in [0.1, 0.15) is 5.56 Å². The Morgan fingerprint density at radius 3 is 2.29 bits per heavy atom. The summed E-state index contributed by atoms with van der Waals surface area (Å²) in [6.07, 6.45) is 1.66. The van der Waals surface area contributed by atoms with Gasteiger partial charge in [0.2, 0.25) is 0 Å². The first-order chi connectivity index (χ1) is 6.01. The molecule has 1 unspecified atom stereocenters. The normalized spacial score (nSPS) is 13.5. The standard InChI is InChI=1S/C8H8O3S2.Na.H/c1-2-7-3-5-8(6-4-7)11-13(9,10)12;;/h2-6H,1H2,(H,9,10,12);;. The molecule has 3 nitrogen and oxygen atoms in total. The van der Waals surface area contributed by atoms with Gasteiger partial charge in [0.1, 0.15) is 5.75 Å². The van der Waals surface area contributed by atoms with E-state index in [4.69, 9.17) is 4.55 Å². The molecule has 0 aliphatic rings. The van der Waals surface area contributed by atoms with E-state index in [2.05, 4.69) is 22.0 Å². The van der Waals surface area contributed by atoms with Gasteiger partial charge in [0.25, 0.3) is 0 Å². The van der Waals surface area contributed by atoms with Gasteiger partial charge < -0.3 is 4.18 Å². The van der Waals surface area contributed by atoms with Crippen LogP contribution < -0.4 is 4.18 Å². The van der Waals surface area contributed by atoms with Crippen molar-refractivity contribution in [2.75, 3.05) is 0 Å². The van der Waals surface area contributed by atoms with Crippen molar-refractivity contribution in [2.45, 2.75) is 0 Å². The van der Waals surface area contributed by atoms with E-state index in [0.29, 0.717) is 0 Å². The Balaban J connectivity index is 0.00000169. The fourth-order valence-electron chi connectivity index (χ4n) is 0.781. The molecule has 0 saturated heterocycles. The third kappa shape index (κ3) is 5.09. The number of rotatable bonds is 3. The number of hydrogen-bond acceptors (Lipinski definition) is 3. The molecule has 0 saturated carbocycles. The summed E-state index contributed by atoms with van der Waals surface area (Å²) in [7, 11) is -3.59. The van der Waals surface area contributed by atoms with Gasteiger partial charge in [-0.3, -0.25) is 4.55 Å². The third-order valence-electron chi connectivity index (χ3n) is 1.32. The van der Waals surface area contributed by atoms with Gasteiger partial charge in [-0.2, -0.15) is 4.21 Å². The second kappa shape index (κ2) is 5.85. The number of benzene rings is 1. The Morgan fingerprint density at radius 2 is 1.93 bits per heavy atom. The molecule has 72 valence electrons. The molecule has 0 bridgehead atoms. The minimum atomic E-state index is -3.59. The van der Waals surface area contributed by atoms with Gasteiger partial charge >= 0.3 is 38.6 Å². The first-order valence-corrected chi connectivity index (χ1v) is 5.77. The van der Waals surface area contributed by atoms with Crippen molar-refractivity contribution in [1.29, 1.82) is 0 Å². The summed E-state index contributed by atoms with van der Waals surface area (Å²) in [4.78, 5) is 0. The van der Waals surface area contributed by atoms with E-state index < -0.39 is 9.05 Å². The van der Waals surface area contributed by atoms with E-state index in [0.717, 1.165) is 5.56 Å². The molecule has 0 amide bonds. The van der Waals surface area contributed by atoms with Crippen molar-refractivity contribution in [1.82, 2.24) is 0 Å². The predicted octanol–water partition coefficient (Wildman–Crippen LogP) is 1.19. The molecular formula is C8H9NaO3S2. The second-order valence-electron chi connectivity index (χ2n) is 2.28. The molecule has 0 aliphatic carbocycles. The molecule has 1 aromatic rings. The Kier molecular flexibility index (Phi) is 5.88. The number of hydrogen-bond donors (Lipinski definition) is 1. The maximum absolute atomic E-state index is 10.6. The van der Waals surface area contributed by atoms with Crippen molar-refractivity contribution >= 4 is 55.9 Å². The van der Waals surface area contributed by atoms with Crippen molar-refractivity contribution in [3.63, 3.8) is 0 Å². The Bertz CT molecular complexity index is 397. The van der Waals surface area contributed by atoms with Crippen LogP contribution in [0.3, 0.4) is 0 Å². The third-order valence-corrected chi connectivity index (χ3v) is 1.92. The van der Waals surface area contributed by atoms with Crippen molar-refractivity contribution in [3.8, 4) is 5.75 Å². The second-order valence-corrected chi connectivity index (χ2v) is 4.57. The van der Waals surface area contributed by atoms with Gasteiger partial charge in [-0.25, -0.2) is 0 Å². The van der Waals surface area contributed by atoms with Crippen LogP contribution in [0.15, 0.2) is 30.8 Å². The molecular weight excluding hydrogens is 231 g/mol. The fraction of sp³-hybridized carbons (Fsp3) is 0. The van der Waals surface area contributed by atoms with Crippen LogP contribution in [0.25, 0.3) is 6.08 Å². The van der Waals surface area contributed by atoms with Gasteiger partial charge in [0.15, 0.2) is 0 Å². The Hall–Kier alpha value is 0.0900. The van der Waals surface area contributed by atoms with E-state index in [9.17, 15) is 4.21 Å². The molecule has 1 rings (SSSR count).